The number of thiophene rings is 1. The number of halogens is 1. The van der Waals surface area contributed by atoms with Crippen molar-refractivity contribution in [2.75, 3.05) is 19.7 Å². The van der Waals surface area contributed by atoms with Gasteiger partial charge in [-0.3, -0.25) is 9.69 Å². The first-order chi connectivity index (χ1) is 9.20. The quantitative estimate of drug-likeness (QED) is 0.804. The predicted molar refractivity (Wildman–Crippen MR) is 81.9 cm³/mol. The first-order valence-corrected chi connectivity index (χ1v) is 8.45. The Morgan fingerprint density at radius 1 is 1.37 bits per heavy atom. The van der Waals surface area contributed by atoms with Gasteiger partial charge in [-0.1, -0.05) is 19.3 Å². The highest BCUT2D eigenvalue weighted by atomic mass is 79.9. The zero-order chi connectivity index (χ0) is 13.7. The van der Waals surface area contributed by atoms with Crippen LogP contribution in [0.3, 0.4) is 0 Å². The van der Waals surface area contributed by atoms with E-state index in [1.807, 2.05) is 12.1 Å². The Morgan fingerprint density at radius 3 is 2.68 bits per heavy atom. The third kappa shape index (κ3) is 4.38. The Morgan fingerprint density at radius 2 is 2.11 bits per heavy atom. The van der Waals surface area contributed by atoms with E-state index >= 15 is 0 Å². The first-order valence-electron chi connectivity index (χ1n) is 6.84. The first kappa shape index (κ1) is 15.2. The number of ketones is 1. The summed E-state index contributed by atoms with van der Waals surface area (Å²) in [4.78, 5) is 15.2. The molecule has 0 aliphatic heterocycles. The number of aliphatic hydroxyl groups excluding tert-OH is 1. The fourth-order valence-electron chi connectivity index (χ4n) is 2.69. The van der Waals surface area contributed by atoms with Gasteiger partial charge in [0.2, 0.25) is 0 Å². The largest absolute Gasteiger partial charge is 0.395 e. The summed E-state index contributed by atoms with van der Waals surface area (Å²) in [5, 5.41) is 9.20. The molecule has 1 heterocycles. The molecule has 0 aromatic carbocycles. The summed E-state index contributed by atoms with van der Waals surface area (Å²) in [6.45, 7) is 1.15. The third-order valence-corrected chi connectivity index (χ3v) is 5.34. The third-order valence-electron chi connectivity index (χ3n) is 3.67. The summed E-state index contributed by atoms with van der Waals surface area (Å²) < 4.78 is 0.988. The van der Waals surface area contributed by atoms with E-state index in [2.05, 4.69) is 20.8 Å². The normalized spacial score (nSPS) is 17.0. The highest BCUT2D eigenvalue weighted by Gasteiger charge is 2.23. The van der Waals surface area contributed by atoms with Gasteiger partial charge in [0.05, 0.1) is 21.8 Å². The Hall–Kier alpha value is -0.230. The van der Waals surface area contributed by atoms with E-state index in [4.69, 9.17) is 0 Å². The van der Waals surface area contributed by atoms with Gasteiger partial charge in [-0.2, -0.15) is 0 Å². The summed E-state index contributed by atoms with van der Waals surface area (Å²) in [5.74, 6) is 0.162. The lowest BCUT2D eigenvalue weighted by Gasteiger charge is -2.33. The highest BCUT2D eigenvalue weighted by Crippen LogP contribution is 2.25. The minimum Gasteiger partial charge on any atom is -0.395 e. The second-order valence-electron chi connectivity index (χ2n) is 5.01. The Kier molecular flexibility index (Phi) is 6.01. The number of hydrogen-bond donors (Lipinski definition) is 1. The van der Waals surface area contributed by atoms with Crippen LogP contribution < -0.4 is 0 Å². The summed E-state index contributed by atoms with van der Waals surface area (Å²) in [6, 6.07) is 4.25. The second kappa shape index (κ2) is 7.53. The van der Waals surface area contributed by atoms with Crippen LogP contribution in [0, 0.1) is 0 Å². The number of rotatable bonds is 6. The van der Waals surface area contributed by atoms with E-state index < -0.39 is 0 Å². The van der Waals surface area contributed by atoms with Crippen molar-refractivity contribution in [2.45, 2.75) is 38.1 Å². The van der Waals surface area contributed by atoms with Crippen molar-refractivity contribution >= 4 is 33.0 Å². The van der Waals surface area contributed by atoms with Crippen molar-refractivity contribution in [3.8, 4) is 0 Å². The minimum atomic E-state index is 0.123. The lowest BCUT2D eigenvalue weighted by atomic mass is 9.94. The highest BCUT2D eigenvalue weighted by molar-refractivity contribution is 9.11. The number of nitrogens with zero attached hydrogens (tertiary/aromatic N) is 1. The topological polar surface area (TPSA) is 40.5 Å². The molecule has 5 heteroatoms. The van der Waals surface area contributed by atoms with Crippen LogP contribution in [0.25, 0.3) is 0 Å². The van der Waals surface area contributed by atoms with E-state index in [1.54, 1.807) is 0 Å². The fraction of sp³-hybridized carbons (Fsp3) is 0.643. The number of carbonyl (C=O) groups excluding carboxylic acids is 1. The molecule has 1 aromatic heterocycles. The molecule has 3 nitrogen and oxygen atoms in total. The molecule has 0 bridgehead atoms. The van der Waals surface area contributed by atoms with Crippen molar-refractivity contribution in [3.63, 3.8) is 0 Å². The van der Waals surface area contributed by atoms with Crippen LogP contribution in [0.1, 0.15) is 41.8 Å². The summed E-state index contributed by atoms with van der Waals surface area (Å²) in [5.41, 5.74) is 0. The van der Waals surface area contributed by atoms with Gasteiger partial charge >= 0.3 is 0 Å². The van der Waals surface area contributed by atoms with Crippen LogP contribution in [0.15, 0.2) is 15.9 Å². The Bertz CT molecular complexity index is 415. The van der Waals surface area contributed by atoms with Gasteiger partial charge < -0.3 is 5.11 Å². The maximum Gasteiger partial charge on any atom is 0.186 e. The van der Waals surface area contributed by atoms with Crippen LogP contribution in [0.4, 0.5) is 0 Å². The van der Waals surface area contributed by atoms with Crippen LogP contribution in [0.5, 0.6) is 0 Å². The fourth-order valence-corrected chi connectivity index (χ4v) is 4.01. The van der Waals surface area contributed by atoms with Gasteiger partial charge in [-0.25, -0.2) is 0 Å². The van der Waals surface area contributed by atoms with Gasteiger partial charge in [0.25, 0.3) is 0 Å². The van der Waals surface area contributed by atoms with E-state index in [9.17, 15) is 9.90 Å². The Labute approximate surface area is 126 Å². The molecule has 0 unspecified atom stereocenters. The molecule has 0 radical (unpaired) electrons. The standard InChI is InChI=1S/C14H20BrNO2S/c15-14-7-6-13(19-14)12(18)10-16(8-9-17)11-4-2-1-3-5-11/h6-7,11,17H,1-5,8-10H2. The van der Waals surface area contributed by atoms with Crippen LogP contribution in [0.2, 0.25) is 0 Å². The number of carbonyl (C=O) groups is 1. The van der Waals surface area contributed by atoms with Crippen molar-refractivity contribution in [2.24, 2.45) is 0 Å². The second-order valence-corrected chi connectivity index (χ2v) is 7.48. The molecule has 0 amide bonds. The molecule has 0 spiro atoms. The number of aliphatic hydroxyl groups is 1. The van der Waals surface area contributed by atoms with Crippen molar-refractivity contribution in [3.05, 3.63) is 20.8 Å². The maximum atomic E-state index is 12.3. The minimum absolute atomic E-state index is 0.123. The molecule has 1 saturated carbocycles. The molecular weight excluding hydrogens is 326 g/mol. The van der Waals surface area contributed by atoms with Gasteiger partial charge in [0, 0.05) is 12.6 Å². The molecule has 1 aliphatic carbocycles. The van der Waals surface area contributed by atoms with Crippen molar-refractivity contribution in [1.29, 1.82) is 0 Å². The average Bonchev–Trinajstić information content (AvgIpc) is 2.86. The zero-order valence-corrected chi connectivity index (χ0v) is 13.4. The smallest absolute Gasteiger partial charge is 0.186 e. The molecule has 1 fully saturated rings. The predicted octanol–water partition coefficient (Wildman–Crippen LogP) is 3.32. The number of hydrogen-bond acceptors (Lipinski definition) is 4. The van der Waals surface area contributed by atoms with Gasteiger partial charge in [0.15, 0.2) is 5.78 Å². The average molecular weight is 346 g/mol. The number of Topliss-reactive ketones (excluding diaryl/α,β-unsaturated/α-hetero) is 1. The van der Waals surface area contributed by atoms with Gasteiger partial charge in [0.1, 0.15) is 0 Å². The molecule has 2 rings (SSSR count). The van der Waals surface area contributed by atoms with E-state index in [-0.39, 0.29) is 12.4 Å². The van der Waals surface area contributed by atoms with Crippen LogP contribution >= 0.6 is 27.3 Å². The lowest BCUT2D eigenvalue weighted by molar-refractivity contribution is 0.0818. The van der Waals surface area contributed by atoms with Crippen molar-refractivity contribution in [1.82, 2.24) is 4.90 Å². The van der Waals surface area contributed by atoms with Crippen molar-refractivity contribution < 1.29 is 9.90 Å². The molecule has 1 aliphatic rings. The van der Waals surface area contributed by atoms with Gasteiger partial charge in [-0.05, 0) is 40.9 Å². The van der Waals surface area contributed by atoms with E-state index in [0.717, 1.165) is 21.5 Å². The monoisotopic (exact) mass is 345 g/mol. The molecule has 1 aromatic rings. The van der Waals surface area contributed by atoms with Gasteiger partial charge in [-0.15, -0.1) is 11.3 Å². The molecule has 0 saturated heterocycles. The lowest BCUT2D eigenvalue weighted by Crippen LogP contribution is -2.41. The molecule has 19 heavy (non-hydrogen) atoms. The van der Waals surface area contributed by atoms with Crippen LogP contribution in [-0.4, -0.2) is 41.5 Å². The summed E-state index contributed by atoms with van der Waals surface area (Å²) in [6.07, 6.45) is 6.09. The maximum absolute atomic E-state index is 12.3. The zero-order valence-electron chi connectivity index (χ0n) is 11.0. The molecular formula is C14H20BrNO2S. The summed E-state index contributed by atoms with van der Waals surface area (Å²) >= 11 is 4.87. The molecule has 106 valence electrons. The Balaban J connectivity index is 1.97. The van der Waals surface area contributed by atoms with E-state index in [0.29, 0.717) is 19.1 Å². The van der Waals surface area contributed by atoms with E-state index in [1.165, 1.54) is 30.6 Å². The SMILES string of the molecule is O=C(CN(CCO)C1CCCCC1)c1ccc(Br)s1. The summed E-state index contributed by atoms with van der Waals surface area (Å²) in [7, 11) is 0. The van der Waals surface area contributed by atoms with Crippen LogP contribution in [-0.2, 0) is 0 Å². The molecule has 1 N–H and O–H groups in total. The molecule has 0 atom stereocenters.